The Labute approximate surface area is 203 Å². The Morgan fingerprint density at radius 1 is 1.24 bits per heavy atom. The van der Waals surface area contributed by atoms with E-state index in [1.165, 1.54) is 27.8 Å². The number of benzene rings is 2. The van der Waals surface area contributed by atoms with E-state index in [1.54, 1.807) is 12.1 Å². The van der Waals surface area contributed by atoms with E-state index in [9.17, 15) is 21.9 Å². The fourth-order valence-electron chi connectivity index (χ4n) is 4.69. The topological polar surface area (TPSA) is 53.0 Å². The van der Waals surface area contributed by atoms with E-state index in [0.29, 0.717) is 19.0 Å². The van der Waals surface area contributed by atoms with Crippen LogP contribution in [0.3, 0.4) is 0 Å². The number of thiophene rings is 1. The molecular formula is C24H27F3N2O3S2. The van der Waals surface area contributed by atoms with Crippen LogP contribution < -0.4 is 9.04 Å². The first-order valence-corrected chi connectivity index (χ1v) is 13.0. The van der Waals surface area contributed by atoms with Gasteiger partial charge in [0.25, 0.3) is 11.3 Å². The zero-order valence-electron chi connectivity index (χ0n) is 18.9. The lowest BCUT2D eigenvalue weighted by atomic mass is 10.0. The van der Waals surface area contributed by atoms with Gasteiger partial charge in [0.15, 0.2) is 0 Å². The van der Waals surface area contributed by atoms with Gasteiger partial charge in [-0.25, -0.2) is 4.21 Å². The van der Waals surface area contributed by atoms with Crippen LogP contribution in [0.5, 0.6) is 5.75 Å². The van der Waals surface area contributed by atoms with Gasteiger partial charge < -0.3 is 4.74 Å². The summed E-state index contributed by atoms with van der Waals surface area (Å²) in [7, 11) is 0. The molecule has 1 N–H and O–H groups in total. The standard InChI is InChI=1S/C24H27F3N2O3S2/c1-16-6-5-13-28(16)19(14-18-9-11-20(12-10-18)32-24(25,26)27)15-29(34(30)31)23-17(2)21-7-3-4-8-22(21)33-23/h3-4,7-12,16,19H,5-6,13-15H2,1-2H3,(H,30,31). The molecule has 1 aliphatic rings. The van der Waals surface area contributed by atoms with Crippen molar-refractivity contribution in [1.82, 2.24) is 4.90 Å². The lowest BCUT2D eigenvalue weighted by molar-refractivity contribution is -0.274. The van der Waals surface area contributed by atoms with Crippen LogP contribution in [0.2, 0.25) is 0 Å². The average molecular weight is 513 g/mol. The van der Waals surface area contributed by atoms with Gasteiger partial charge in [-0.1, -0.05) is 30.3 Å². The van der Waals surface area contributed by atoms with Gasteiger partial charge in [0.2, 0.25) is 0 Å². The minimum atomic E-state index is -4.73. The number of anilines is 1. The molecular weight excluding hydrogens is 485 g/mol. The molecule has 4 rings (SSSR count). The Hall–Kier alpha value is -2.14. The van der Waals surface area contributed by atoms with Gasteiger partial charge in [-0.15, -0.1) is 24.5 Å². The van der Waals surface area contributed by atoms with Crippen LogP contribution in [0.15, 0.2) is 48.5 Å². The Kier molecular flexibility index (Phi) is 7.51. The first kappa shape index (κ1) is 25.0. The van der Waals surface area contributed by atoms with Crippen molar-refractivity contribution in [2.24, 2.45) is 0 Å². The molecule has 1 fully saturated rings. The Bertz CT molecular complexity index is 1150. The smallest absolute Gasteiger partial charge is 0.406 e. The van der Waals surface area contributed by atoms with Crippen LogP contribution in [0, 0.1) is 6.92 Å². The summed E-state index contributed by atoms with van der Waals surface area (Å²) in [5.41, 5.74) is 1.81. The maximum Gasteiger partial charge on any atom is 0.573 e. The molecule has 3 atom stereocenters. The highest BCUT2D eigenvalue weighted by Crippen LogP contribution is 2.38. The molecule has 0 amide bonds. The van der Waals surface area contributed by atoms with Crippen molar-refractivity contribution < 1.29 is 26.7 Å². The summed E-state index contributed by atoms with van der Waals surface area (Å²) < 4.78 is 66.8. The normalized spacial score (nSPS) is 18.8. The molecule has 1 saturated heterocycles. The fraction of sp³-hybridized carbons (Fsp3) is 0.417. The van der Waals surface area contributed by atoms with Gasteiger partial charge in [0.05, 0.1) is 6.54 Å². The van der Waals surface area contributed by atoms with Crippen molar-refractivity contribution in [1.29, 1.82) is 0 Å². The second-order valence-corrected chi connectivity index (χ2v) is 10.5. The number of hydrogen-bond acceptors (Lipinski definition) is 4. The van der Waals surface area contributed by atoms with Gasteiger partial charge >= 0.3 is 6.36 Å². The summed E-state index contributed by atoms with van der Waals surface area (Å²) in [5, 5.41) is 1.82. The second-order valence-electron chi connectivity index (χ2n) is 8.60. The Balaban J connectivity index is 1.61. The molecule has 3 unspecified atom stereocenters. The van der Waals surface area contributed by atoms with Gasteiger partial charge in [0.1, 0.15) is 10.8 Å². The Morgan fingerprint density at radius 2 is 1.94 bits per heavy atom. The van der Waals surface area contributed by atoms with Crippen molar-refractivity contribution in [3.05, 3.63) is 59.7 Å². The highest BCUT2D eigenvalue weighted by molar-refractivity contribution is 7.81. The maximum absolute atomic E-state index is 12.5. The van der Waals surface area contributed by atoms with Gasteiger partial charge in [-0.2, -0.15) is 0 Å². The minimum Gasteiger partial charge on any atom is -0.406 e. The molecule has 1 aliphatic heterocycles. The molecule has 3 aromatic rings. The maximum atomic E-state index is 12.5. The molecule has 0 aliphatic carbocycles. The fourth-order valence-corrected chi connectivity index (χ4v) is 6.70. The zero-order valence-corrected chi connectivity index (χ0v) is 20.6. The van der Waals surface area contributed by atoms with Crippen molar-refractivity contribution in [2.45, 2.75) is 51.6 Å². The first-order chi connectivity index (χ1) is 16.1. The summed E-state index contributed by atoms with van der Waals surface area (Å²) in [5.74, 6) is -0.263. The van der Waals surface area contributed by atoms with E-state index >= 15 is 0 Å². The van der Waals surface area contributed by atoms with Gasteiger partial charge in [-0.05, 0) is 74.4 Å². The number of nitrogens with zero attached hydrogens (tertiary/aromatic N) is 2. The van der Waals surface area contributed by atoms with E-state index in [2.05, 4.69) is 16.6 Å². The Morgan fingerprint density at radius 3 is 2.53 bits per heavy atom. The number of aryl methyl sites for hydroxylation is 1. The zero-order chi connectivity index (χ0) is 24.5. The van der Waals surface area contributed by atoms with Crippen LogP contribution in [0.25, 0.3) is 10.1 Å². The summed E-state index contributed by atoms with van der Waals surface area (Å²) in [6, 6.07) is 14.0. The predicted molar refractivity (Wildman–Crippen MR) is 131 cm³/mol. The molecule has 0 bridgehead atoms. The molecule has 0 saturated carbocycles. The van der Waals surface area contributed by atoms with Crippen molar-refractivity contribution in [3.8, 4) is 5.75 Å². The summed E-state index contributed by atoms with van der Waals surface area (Å²) >= 11 is -0.734. The number of fused-ring (bicyclic) bond motifs is 1. The van der Waals surface area contributed by atoms with Crippen LogP contribution in [-0.4, -0.2) is 45.2 Å². The number of ether oxygens (including phenoxy) is 1. The largest absolute Gasteiger partial charge is 0.573 e. The van der Waals surface area contributed by atoms with E-state index < -0.39 is 17.6 Å². The number of alkyl halides is 3. The summed E-state index contributed by atoms with van der Waals surface area (Å²) in [6.07, 6.45) is -2.11. The molecule has 2 aromatic carbocycles. The van der Waals surface area contributed by atoms with Crippen molar-refractivity contribution in [2.75, 3.05) is 17.4 Å². The minimum absolute atomic E-state index is 0.0902. The number of rotatable bonds is 8. The number of likely N-dealkylation sites (tertiary alicyclic amines) is 1. The third-order valence-electron chi connectivity index (χ3n) is 6.31. The molecule has 2 heterocycles. The number of halogens is 3. The summed E-state index contributed by atoms with van der Waals surface area (Å²) in [6.45, 7) is 5.30. The van der Waals surface area contributed by atoms with E-state index in [1.807, 2.05) is 31.2 Å². The van der Waals surface area contributed by atoms with Crippen LogP contribution in [0.1, 0.15) is 30.9 Å². The third kappa shape index (κ3) is 5.73. The van der Waals surface area contributed by atoms with E-state index in [0.717, 1.165) is 45.6 Å². The third-order valence-corrected chi connectivity index (χ3v) is 8.43. The molecule has 0 spiro atoms. The average Bonchev–Trinajstić information content (AvgIpc) is 3.34. The first-order valence-electron chi connectivity index (χ1n) is 11.1. The molecule has 10 heteroatoms. The molecule has 184 valence electrons. The SMILES string of the molecule is Cc1c(N(CC(Cc2ccc(OC(F)(F)F)cc2)N2CCCC2C)S(=O)O)sc2ccccc12. The highest BCUT2D eigenvalue weighted by Gasteiger charge is 2.33. The molecule has 0 radical (unpaired) electrons. The highest BCUT2D eigenvalue weighted by atomic mass is 32.2. The quantitative estimate of drug-likeness (QED) is 0.368. The van der Waals surface area contributed by atoms with Crippen molar-refractivity contribution >= 4 is 37.7 Å². The monoisotopic (exact) mass is 512 g/mol. The predicted octanol–water partition coefficient (Wildman–Crippen LogP) is 6.15. The number of hydrogen-bond donors (Lipinski definition) is 1. The molecule has 34 heavy (non-hydrogen) atoms. The molecule has 1 aromatic heterocycles. The molecule has 5 nitrogen and oxygen atoms in total. The lowest BCUT2D eigenvalue weighted by Gasteiger charge is -2.35. The summed E-state index contributed by atoms with van der Waals surface area (Å²) in [4.78, 5) is 2.34. The van der Waals surface area contributed by atoms with Crippen LogP contribution in [0.4, 0.5) is 18.2 Å². The van der Waals surface area contributed by atoms with Crippen LogP contribution in [-0.2, 0) is 17.7 Å². The van der Waals surface area contributed by atoms with Gasteiger partial charge in [0, 0.05) is 16.8 Å². The van der Waals surface area contributed by atoms with Crippen LogP contribution >= 0.6 is 11.3 Å². The lowest BCUT2D eigenvalue weighted by Crippen LogP contribution is -2.47. The van der Waals surface area contributed by atoms with Crippen molar-refractivity contribution in [3.63, 3.8) is 0 Å². The van der Waals surface area contributed by atoms with Gasteiger partial charge in [-0.3, -0.25) is 13.8 Å². The second kappa shape index (κ2) is 10.2. The van der Waals surface area contributed by atoms with E-state index in [-0.39, 0.29) is 11.8 Å². The van der Waals surface area contributed by atoms with E-state index in [4.69, 9.17) is 0 Å².